The molecule has 88 heavy (non-hydrogen) atoms. The van der Waals surface area contributed by atoms with E-state index >= 15 is 0 Å². The van der Waals surface area contributed by atoms with Crippen LogP contribution in [0.1, 0.15) is 296 Å². The van der Waals surface area contributed by atoms with Gasteiger partial charge in [0.25, 0.3) is 0 Å². The van der Waals surface area contributed by atoms with E-state index in [1.54, 1.807) is 0 Å². The smallest absolute Gasteiger partial charge is 0.462 e. The number of quaternary nitrogens is 1. The summed E-state index contributed by atoms with van der Waals surface area (Å²) in [5, 5.41) is 0. The van der Waals surface area contributed by atoms with Crippen molar-refractivity contribution in [1.82, 2.24) is 0 Å². The second-order valence-electron chi connectivity index (χ2n) is 24.9. The first-order valence-corrected chi connectivity index (χ1v) is 37.4. The van der Waals surface area contributed by atoms with Crippen LogP contribution in [0, 0.1) is 0 Å². The van der Waals surface area contributed by atoms with Crippen molar-refractivity contribution < 1.29 is 42.1 Å². The summed E-state index contributed by atoms with van der Waals surface area (Å²) in [4.78, 5) is 35.9. The SMILES string of the molecule is CC/C=C\C/C=C\C/C=C\C/C=C\C/C=C\C/C=C\C/C=C\C/C=C\C/C=C\CCCCCCCCCCCCCCCC(=O)OC(COC(=O)CCCCCCCCCCCCC/C=C\C/C=C\CCCCCCC)COP(=O)(O)OCC[N+](C)(C)C. The average molecular weight is 1250 g/mol. The Balaban J connectivity index is 4.05. The van der Waals surface area contributed by atoms with E-state index in [1.807, 2.05) is 21.1 Å². The van der Waals surface area contributed by atoms with Gasteiger partial charge in [-0.15, -0.1) is 0 Å². The summed E-state index contributed by atoms with van der Waals surface area (Å²) in [6.07, 6.45) is 98.4. The van der Waals surface area contributed by atoms with E-state index in [2.05, 4.69) is 148 Å². The summed E-state index contributed by atoms with van der Waals surface area (Å²) >= 11 is 0. The van der Waals surface area contributed by atoms with Gasteiger partial charge in [0, 0.05) is 12.8 Å². The molecule has 2 unspecified atom stereocenters. The van der Waals surface area contributed by atoms with Gasteiger partial charge in [0.15, 0.2) is 6.10 Å². The minimum Gasteiger partial charge on any atom is -0.462 e. The number of hydrogen-bond acceptors (Lipinski definition) is 7. The number of ether oxygens (including phenoxy) is 2. The van der Waals surface area contributed by atoms with Gasteiger partial charge in [-0.3, -0.25) is 18.6 Å². The van der Waals surface area contributed by atoms with Crippen LogP contribution in [0.5, 0.6) is 0 Å². The van der Waals surface area contributed by atoms with Gasteiger partial charge >= 0.3 is 19.8 Å². The van der Waals surface area contributed by atoms with Crippen molar-refractivity contribution in [3.63, 3.8) is 0 Å². The van der Waals surface area contributed by atoms with Gasteiger partial charge in [-0.25, -0.2) is 4.57 Å². The number of phosphoric ester groups is 1. The molecule has 0 fully saturated rings. The summed E-state index contributed by atoms with van der Waals surface area (Å²) in [5.41, 5.74) is 0. The topological polar surface area (TPSA) is 108 Å². The summed E-state index contributed by atoms with van der Waals surface area (Å²) in [7, 11) is 1.47. The Kier molecular flexibility index (Phi) is 64.6. The highest BCUT2D eigenvalue weighted by atomic mass is 31.2. The molecule has 0 aromatic rings. The number of esters is 2. The molecule has 1 N–H and O–H groups in total. The molecule has 0 saturated carbocycles. The lowest BCUT2D eigenvalue weighted by Gasteiger charge is -2.24. The largest absolute Gasteiger partial charge is 0.472 e. The minimum atomic E-state index is -4.40. The van der Waals surface area contributed by atoms with E-state index in [0.29, 0.717) is 17.4 Å². The Morgan fingerprint density at radius 3 is 0.966 bits per heavy atom. The Labute approximate surface area is 542 Å². The number of phosphoric acid groups is 1. The van der Waals surface area contributed by atoms with E-state index in [-0.39, 0.29) is 32.0 Å². The molecular weight excluding hydrogens is 1110 g/mol. The molecule has 504 valence electrons. The molecule has 0 aliphatic carbocycles. The van der Waals surface area contributed by atoms with Crippen molar-refractivity contribution >= 4 is 19.8 Å². The lowest BCUT2D eigenvalue weighted by Crippen LogP contribution is -2.37. The van der Waals surface area contributed by atoms with E-state index in [1.165, 1.54) is 161 Å². The molecule has 0 amide bonds. The standard InChI is InChI=1S/C78H134NO8P/c1-6-8-10-12-14-16-18-20-22-24-26-28-30-31-32-33-34-35-36-37-38-39-40-41-42-43-44-45-46-47-49-51-53-55-57-59-61-63-65-67-69-71-78(81)87-76(75-86-88(82,83)85-73-72-79(3,4)5)74-84-77(80)70-68-66-64-62-60-58-56-54-52-50-48-29-27-25-23-21-19-17-15-13-11-9-7-2/h8,10,14,16,19-22,25-28,31-32,34-35,37-38,40-41,43-44,76H,6-7,9,11-13,15,17-18,23-24,29-30,33,36,39,42,45-75H2,1-5H3/p+1/b10-8-,16-14-,21-19-,22-20-,27-25-,28-26-,32-31-,35-34-,38-37-,41-40-,44-43-. The van der Waals surface area contributed by atoms with Gasteiger partial charge < -0.3 is 18.9 Å². The molecule has 2 atom stereocenters. The van der Waals surface area contributed by atoms with Crippen molar-refractivity contribution in [1.29, 1.82) is 0 Å². The number of likely N-dealkylation sites (N-methyl/N-ethyl adjacent to an activating group) is 1. The van der Waals surface area contributed by atoms with Crippen molar-refractivity contribution in [2.45, 2.75) is 302 Å². The third-order valence-corrected chi connectivity index (χ3v) is 16.1. The van der Waals surface area contributed by atoms with E-state index in [0.717, 1.165) is 103 Å². The molecule has 0 spiro atoms. The minimum absolute atomic E-state index is 0.0267. The number of carbonyl (C=O) groups is 2. The molecule has 0 aliphatic rings. The van der Waals surface area contributed by atoms with Crippen molar-refractivity contribution in [3.8, 4) is 0 Å². The van der Waals surface area contributed by atoms with Crippen LogP contribution in [0.4, 0.5) is 0 Å². The maximum absolute atomic E-state index is 12.9. The van der Waals surface area contributed by atoms with E-state index < -0.39 is 26.5 Å². The molecule has 0 rings (SSSR count). The fraction of sp³-hybridized carbons (Fsp3) is 0.692. The predicted octanol–water partition coefficient (Wildman–Crippen LogP) is 23.6. The zero-order valence-electron chi connectivity index (χ0n) is 57.4. The molecule has 0 bridgehead atoms. The van der Waals surface area contributed by atoms with Crippen LogP contribution < -0.4 is 0 Å². The van der Waals surface area contributed by atoms with Crippen LogP contribution >= 0.6 is 7.82 Å². The molecule has 0 heterocycles. The third-order valence-electron chi connectivity index (χ3n) is 15.2. The molecule has 0 radical (unpaired) electrons. The summed E-state index contributed by atoms with van der Waals surface area (Å²) in [5.74, 6) is -0.799. The first-order chi connectivity index (χ1) is 43.0. The van der Waals surface area contributed by atoms with Crippen LogP contribution in [0.3, 0.4) is 0 Å². The first kappa shape index (κ1) is 84.2. The zero-order chi connectivity index (χ0) is 64.1. The lowest BCUT2D eigenvalue weighted by atomic mass is 10.0. The third kappa shape index (κ3) is 71.2. The quantitative estimate of drug-likeness (QED) is 0.0211. The number of unbranched alkanes of at least 4 members (excludes halogenated alkanes) is 29. The van der Waals surface area contributed by atoms with Crippen molar-refractivity contribution in [3.05, 3.63) is 134 Å². The van der Waals surface area contributed by atoms with Crippen LogP contribution in [0.15, 0.2) is 134 Å². The Bertz CT molecular complexity index is 1950. The molecular formula is C78H135NO8P+. The fourth-order valence-electron chi connectivity index (χ4n) is 9.69. The molecule has 10 heteroatoms. The van der Waals surface area contributed by atoms with E-state index in [9.17, 15) is 19.0 Å². The van der Waals surface area contributed by atoms with E-state index in [4.69, 9.17) is 18.5 Å². The number of allylic oxidation sites excluding steroid dienone is 22. The van der Waals surface area contributed by atoms with Crippen LogP contribution in [0.2, 0.25) is 0 Å². The lowest BCUT2D eigenvalue weighted by molar-refractivity contribution is -0.870. The second-order valence-corrected chi connectivity index (χ2v) is 26.3. The Hall–Kier alpha value is -3.85. The Morgan fingerprint density at radius 2 is 0.648 bits per heavy atom. The normalized spacial score (nSPS) is 13.9. The monoisotopic (exact) mass is 1240 g/mol. The van der Waals surface area contributed by atoms with Gasteiger partial charge in [-0.2, -0.15) is 0 Å². The summed E-state index contributed by atoms with van der Waals surface area (Å²) in [6.45, 7) is 4.32. The number of nitrogens with zero attached hydrogens (tertiary/aromatic N) is 1. The summed E-state index contributed by atoms with van der Waals surface area (Å²) in [6, 6.07) is 0. The highest BCUT2D eigenvalue weighted by Crippen LogP contribution is 2.43. The number of rotatable bonds is 65. The Morgan fingerprint density at radius 1 is 0.364 bits per heavy atom. The highest BCUT2D eigenvalue weighted by molar-refractivity contribution is 7.47. The molecule has 9 nitrogen and oxygen atoms in total. The van der Waals surface area contributed by atoms with Crippen molar-refractivity contribution in [2.24, 2.45) is 0 Å². The first-order valence-electron chi connectivity index (χ1n) is 35.9. The van der Waals surface area contributed by atoms with Gasteiger partial charge in [0.1, 0.15) is 19.8 Å². The predicted molar refractivity (Wildman–Crippen MR) is 381 cm³/mol. The molecule has 0 aromatic carbocycles. The maximum atomic E-state index is 12.9. The number of carbonyl (C=O) groups excluding carboxylic acids is 2. The second kappa shape index (κ2) is 67.5. The van der Waals surface area contributed by atoms with Crippen LogP contribution in [0.25, 0.3) is 0 Å². The average Bonchev–Trinajstić information content (AvgIpc) is 3.58. The number of hydrogen-bond donors (Lipinski definition) is 1. The van der Waals surface area contributed by atoms with Crippen molar-refractivity contribution in [2.75, 3.05) is 47.5 Å². The fourth-order valence-corrected chi connectivity index (χ4v) is 10.4. The molecule has 0 aliphatic heterocycles. The molecule has 0 saturated heterocycles. The maximum Gasteiger partial charge on any atom is 0.472 e. The van der Waals surface area contributed by atoms with Gasteiger partial charge in [-0.05, 0) is 116 Å². The van der Waals surface area contributed by atoms with Gasteiger partial charge in [0.2, 0.25) is 0 Å². The highest BCUT2D eigenvalue weighted by Gasteiger charge is 2.27. The summed E-state index contributed by atoms with van der Waals surface area (Å²) < 4.78 is 34.7. The van der Waals surface area contributed by atoms with Gasteiger partial charge in [-0.1, -0.05) is 302 Å². The van der Waals surface area contributed by atoms with Gasteiger partial charge in [0.05, 0.1) is 27.7 Å². The van der Waals surface area contributed by atoms with Crippen LogP contribution in [-0.2, 0) is 32.7 Å². The zero-order valence-corrected chi connectivity index (χ0v) is 58.3. The van der Waals surface area contributed by atoms with Crippen LogP contribution in [-0.4, -0.2) is 74.9 Å². The molecule has 0 aromatic heterocycles.